The molecule has 0 aromatic heterocycles. The molecule has 10 heteroatoms. The number of para-hydroxylation sites is 1. The van der Waals surface area contributed by atoms with Crippen molar-refractivity contribution in [3.05, 3.63) is 64.2 Å². The zero-order chi connectivity index (χ0) is 20.6. The molecule has 0 atom stereocenters. The van der Waals surface area contributed by atoms with Crippen LogP contribution in [0, 0.1) is 10.1 Å². The SMILES string of the molecule is CCc1ccccc1OCC(=O)NCCNS(=O)(=O)c1ccc([N+](=O)[O-])cc1. The van der Waals surface area contributed by atoms with Crippen LogP contribution in [0.3, 0.4) is 0 Å². The summed E-state index contributed by atoms with van der Waals surface area (Å²) in [6.07, 6.45) is 0.780. The predicted octanol–water partition coefficient (Wildman–Crippen LogP) is 1.63. The molecule has 9 nitrogen and oxygen atoms in total. The number of nitrogens with one attached hydrogen (secondary N) is 2. The number of nitrogens with zero attached hydrogens (tertiary/aromatic N) is 1. The number of sulfonamides is 1. The van der Waals surface area contributed by atoms with Gasteiger partial charge in [-0.25, -0.2) is 13.1 Å². The Morgan fingerprint density at radius 1 is 1.11 bits per heavy atom. The maximum absolute atomic E-state index is 12.1. The summed E-state index contributed by atoms with van der Waals surface area (Å²) in [6.45, 7) is 1.85. The van der Waals surface area contributed by atoms with Crippen LogP contribution < -0.4 is 14.8 Å². The highest BCUT2D eigenvalue weighted by Gasteiger charge is 2.15. The molecule has 28 heavy (non-hydrogen) atoms. The largest absolute Gasteiger partial charge is 0.483 e. The topological polar surface area (TPSA) is 128 Å². The van der Waals surface area contributed by atoms with Crippen molar-refractivity contribution >= 4 is 21.6 Å². The number of hydrogen-bond donors (Lipinski definition) is 2. The minimum Gasteiger partial charge on any atom is -0.483 e. The average molecular weight is 407 g/mol. The normalized spacial score (nSPS) is 11.0. The number of benzene rings is 2. The number of carbonyl (C=O) groups is 1. The summed E-state index contributed by atoms with van der Waals surface area (Å²) in [5.41, 5.74) is 0.794. The lowest BCUT2D eigenvalue weighted by Crippen LogP contribution is -2.36. The zero-order valence-electron chi connectivity index (χ0n) is 15.3. The molecule has 0 fully saturated rings. The molecule has 0 saturated carbocycles. The third-order valence-electron chi connectivity index (χ3n) is 3.81. The van der Waals surface area contributed by atoms with Crippen LogP contribution in [-0.4, -0.2) is 38.9 Å². The molecule has 0 aliphatic heterocycles. The summed E-state index contributed by atoms with van der Waals surface area (Å²) in [5.74, 6) is 0.263. The Morgan fingerprint density at radius 2 is 1.79 bits per heavy atom. The summed E-state index contributed by atoms with van der Waals surface area (Å²) in [4.78, 5) is 21.7. The van der Waals surface area contributed by atoms with Crippen molar-refractivity contribution in [3.8, 4) is 5.75 Å². The fourth-order valence-corrected chi connectivity index (χ4v) is 3.38. The van der Waals surface area contributed by atoms with Crippen molar-refractivity contribution in [2.45, 2.75) is 18.2 Å². The Balaban J connectivity index is 1.76. The van der Waals surface area contributed by atoms with E-state index in [0.29, 0.717) is 5.75 Å². The highest BCUT2D eigenvalue weighted by atomic mass is 32.2. The highest BCUT2D eigenvalue weighted by Crippen LogP contribution is 2.18. The number of non-ortho nitro benzene ring substituents is 1. The van der Waals surface area contributed by atoms with Gasteiger partial charge in [0.2, 0.25) is 10.0 Å². The van der Waals surface area contributed by atoms with Gasteiger partial charge >= 0.3 is 0 Å². The Morgan fingerprint density at radius 3 is 2.43 bits per heavy atom. The molecule has 0 saturated heterocycles. The van der Waals surface area contributed by atoms with Crippen LogP contribution in [0.1, 0.15) is 12.5 Å². The highest BCUT2D eigenvalue weighted by molar-refractivity contribution is 7.89. The number of nitro groups is 1. The number of rotatable bonds is 10. The number of nitro benzene ring substituents is 1. The van der Waals surface area contributed by atoms with Crippen molar-refractivity contribution < 1.29 is 22.9 Å². The van der Waals surface area contributed by atoms with Gasteiger partial charge in [0.05, 0.1) is 9.82 Å². The van der Waals surface area contributed by atoms with Gasteiger partial charge in [-0.15, -0.1) is 0 Å². The van der Waals surface area contributed by atoms with Crippen LogP contribution in [-0.2, 0) is 21.2 Å². The summed E-state index contributed by atoms with van der Waals surface area (Å²) >= 11 is 0. The number of amides is 1. The molecule has 150 valence electrons. The molecule has 2 aromatic rings. The lowest BCUT2D eigenvalue weighted by molar-refractivity contribution is -0.384. The van der Waals surface area contributed by atoms with Gasteiger partial charge in [0, 0.05) is 25.2 Å². The smallest absolute Gasteiger partial charge is 0.269 e. The van der Waals surface area contributed by atoms with Crippen molar-refractivity contribution in [1.82, 2.24) is 10.0 Å². The van der Waals surface area contributed by atoms with Crippen LogP contribution in [0.25, 0.3) is 0 Å². The summed E-state index contributed by atoms with van der Waals surface area (Å²) in [6, 6.07) is 11.9. The Bertz CT molecular complexity index is 929. The van der Waals surface area contributed by atoms with E-state index in [-0.39, 0.29) is 36.2 Å². The van der Waals surface area contributed by atoms with Crippen molar-refractivity contribution in [2.24, 2.45) is 0 Å². The van der Waals surface area contributed by atoms with Crippen LogP contribution in [0.5, 0.6) is 5.75 Å². The molecule has 2 aromatic carbocycles. The van der Waals surface area contributed by atoms with Gasteiger partial charge < -0.3 is 10.1 Å². The number of hydrogen-bond acceptors (Lipinski definition) is 6. The van der Waals surface area contributed by atoms with E-state index in [0.717, 1.165) is 36.2 Å². The second-order valence-corrected chi connectivity index (χ2v) is 7.52. The molecule has 0 aliphatic rings. The van der Waals surface area contributed by atoms with Crippen LogP contribution in [0.15, 0.2) is 53.4 Å². The predicted molar refractivity (Wildman–Crippen MR) is 103 cm³/mol. The summed E-state index contributed by atoms with van der Waals surface area (Å²) in [5, 5.41) is 13.2. The van der Waals surface area contributed by atoms with E-state index < -0.39 is 14.9 Å². The van der Waals surface area contributed by atoms with Gasteiger partial charge in [0.1, 0.15) is 5.75 Å². The minimum atomic E-state index is -3.82. The molecule has 0 spiro atoms. The van der Waals surface area contributed by atoms with E-state index >= 15 is 0 Å². The van der Waals surface area contributed by atoms with Crippen molar-refractivity contribution in [2.75, 3.05) is 19.7 Å². The molecule has 0 bridgehead atoms. The van der Waals surface area contributed by atoms with Crippen LogP contribution >= 0.6 is 0 Å². The maximum Gasteiger partial charge on any atom is 0.269 e. The second kappa shape index (κ2) is 9.81. The third-order valence-corrected chi connectivity index (χ3v) is 5.29. The van der Waals surface area contributed by atoms with E-state index in [1.54, 1.807) is 6.07 Å². The molecule has 2 N–H and O–H groups in total. The van der Waals surface area contributed by atoms with Gasteiger partial charge in [-0.05, 0) is 30.2 Å². The first-order chi connectivity index (χ1) is 13.3. The molecule has 2 rings (SSSR count). The molecule has 0 heterocycles. The van der Waals surface area contributed by atoms with E-state index in [2.05, 4.69) is 10.0 Å². The molecular weight excluding hydrogens is 386 g/mol. The number of aryl methyl sites for hydroxylation is 1. The zero-order valence-corrected chi connectivity index (χ0v) is 16.1. The monoisotopic (exact) mass is 407 g/mol. The number of ether oxygens (including phenoxy) is 1. The fourth-order valence-electron chi connectivity index (χ4n) is 2.35. The van der Waals surface area contributed by atoms with Gasteiger partial charge in [0.25, 0.3) is 11.6 Å². The first-order valence-electron chi connectivity index (χ1n) is 8.55. The maximum atomic E-state index is 12.1. The van der Waals surface area contributed by atoms with Crippen LogP contribution in [0.4, 0.5) is 5.69 Å². The van der Waals surface area contributed by atoms with Gasteiger partial charge in [-0.3, -0.25) is 14.9 Å². The molecule has 1 amide bonds. The van der Waals surface area contributed by atoms with Crippen LogP contribution in [0.2, 0.25) is 0 Å². The van der Waals surface area contributed by atoms with Gasteiger partial charge in [-0.2, -0.15) is 0 Å². The molecule has 0 unspecified atom stereocenters. The Kier molecular flexibility index (Phi) is 7.47. The first kappa shape index (κ1) is 21.3. The van der Waals surface area contributed by atoms with E-state index in [4.69, 9.17) is 4.74 Å². The Hall–Kier alpha value is -2.98. The van der Waals surface area contributed by atoms with E-state index in [1.807, 2.05) is 25.1 Å². The van der Waals surface area contributed by atoms with Crippen molar-refractivity contribution in [1.29, 1.82) is 0 Å². The second-order valence-electron chi connectivity index (χ2n) is 5.75. The molecular formula is C18H21N3O6S. The van der Waals surface area contributed by atoms with Gasteiger partial charge in [-0.1, -0.05) is 25.1 Å². The summed E-state index contributed by atoms with van der Waals surface area (Å²) in [7, 11) is -3.82. The standard InChI is InChI=1S/C18H21N3O6S/c1-2-14-5-3-4-6-17(14)27-13-18(22)19-11-12-20-28(25,26)16-9-7-15(8-10-16)21(23)24/h3-10,20H,2,11-13H2,1H3,(H,19,22). The first-order valence-corrected chi connectivity index (χ1v) is 10.0. The average Bonchev–Trinajstić information content (AvgIpc) is 2.70. The Labute approximate surface area is 162 Å². The van der Waals surface area contributed by atoms with E-state index in [9.17, 15) is 23.3 Å². The fraction of sp³-hybridized carbons (Fsp3) is 0.278. The quantitative estimate of drug-likeness (QED) is 0.350. The van der Waals surface area contributed by atoms with E-state index in [1.165, 1.54) is 0 Å². The lowest BCUT2D eigenvalue weighted by Gasteiger charge is -2.11. The number of carbonyl (C=O) groups excluding carboxylic acids is 1. The lowest BCUT2D eigenvalue weighted by atomic mass is 10.1. The van der Waals surface area contributed by atoms with Gasteiger partial charge in [0.15, 0.2) is 6.61 Å². The minimum absolute atomic E-state index is 0.0311. The molecule has 0 aliphatic carbocycles. The van der Waals surface area contributed by atoms with Crippen molar-refractivity contribution in [3.63, 3.8) is 0 Å². The molecule has 0 radical (unpaired) electrons. The third kappa shape index (κ3) is 6.03. The summed E-state index contributed by atoms with van der Waals surface area (Å²) < 4.78 is 32.0.